The molecule has 0 aromatic heterocycles. The Morgan fingerprint density at radius 3 is 3.00 bits per heavy atom. The van der Waals surface area contributed by atoms with Gasteiger partial charge in [0.05, 0.1) is 0 Å². The highest BCUT2D eigenvalue weighted by Crippen LogP contribution is 2.39. The summed E-state index contributed by atoms with van der Waals surface area (Å²) in [6, 6.07) is 9.67. The van der Waals surface area contributed by atoms with Crippen molar-refractivity contribution < 1.29 is 0 Å². The molecule has 16 heavy (non-hydrogen) atoms. The maximum atomic E-state index is 3.66. The molecule has 0 radical (unpaired) electrons. The smallest absolute Gasteiger partial charge is 0.0150 e. The molecular formula is C14H19NS. The molecular weight excluding hydrogens is 214 g/mol. The number of hydrogen-bond acceptors (Lipinski definition) is 2. The van der Waals surface area contributed by atoms with Crippen LogP contribution < -0.4 is 5.32 Å². The second-order valence-electron chi connectivity index (χ2n) is 4.93. The van der Waals surface area contributed by atoms with E-state index in [0.717, 1.165) is 11.3 Å². The van der Waals surface area contributed by atoms with Crippen LogP contribution in [0, 0.1) is 0 Å². The Balaban J connectivity index is 1.59. The quantitative estimate of drug-likeness (QED) is 0.841. The van der Waals surface area contributed by atoms with E-state index < -0.39 is 0 Å². The monoisotopic (exact) mass is 233 g/mol. The van der Waals surface area contributed by atoms with Gasteiger partial charge in [0.25, 0.3) is 0 Å². The first-order chi connectivity index (χ1) is 7.92. The topological polar surface area (TPSA) is 12.0 Å². The molecule has 2 aliphatic rings. The average molecular weight is 233 g/mol. The predicted octanol–water partition coefficient (Wildman–Crippen LogP) is 3.24. The molecule has 0 bridgehead atoms. The molecule has 1 fully saturated rings. The fraction of sp³-hybridized carbons (Fsp3) is 0.571. The lowest BCUT2D eigenvalue weighted by Gasteiger charge is -2.25. The number of thioether (sulfide) groups is 1. The van der Waals surface area contributed by atoms with Crippen LogP contribution >= 0.6 is 11.8 Å². The number of rotatable bonds is 2. The molecule has 1 N–H and O–H groups in total. The van der Waals surface area contributed by atoms with E-state index in [2.05, 4.69) is 41.3 Å². The van der Waals surface area contributed by atoms with Crippen LogP contribution in [0.15, 0.2) is 29.2 Å². The van der Waals surface area contributed by atoms with Crippen LogP contribution in [0.25, 0.3) is 0 Å². The van der Waals surface area contributed by atoms with Gasteiger partial charge in [-0.3, -0.25) is 0 Å². The van der Waals surface area contributed by atoms with Gasteiger partial charge in [-0.15, -0.1) is 11.8 Å². The van der Waals surface area contributed by atoms with Crippen molar-refractivity contribution in [2.45, 2.75) is 48.3 Å². The van der Waals surface area contributed by atoms with Crippen LogP contribution in [0.5, 0.6) is 0 Å². The van der Waals surface area contributed by atoms with E-state index in [-0.39, 0.29) is 0 Å². The summed E-state index contributed by atoms with van der Waals surface area (Å²) < 4.78 is 0. The second-order valence-corrected chi connectivity index (χ2v) is 6.28. The summed E-state index contributed by atoms with van der Waals surface area (Å²) in [5.41, 5.74) is 1.56. The Morgan fingerprint density at radius 1 is 1.25 bits per heavy atom. The summed E-state index contributed by atoms with van der Waals surface area (Å²) in [7, 11) is 0. The third kappa shape index (κ3) is 2.28. The zero-order chi connectivity index (χ0) is 10.8. The molecule has 0 spiro atoms. The Bertz CT molecular complexity index is 333. The van der Waals surface area contributed by atoms with Crippen LogP contribution in [0.3, 0.4) is 0 Å². The van der Waals surface area contributed by atoms with Gasteiger partial charge < -0.3 is 5.32 Å². The Labute approximate surface area is 102 Å². The first-order valence-corrected chi connectivity index (χ1v) is 7.28. The van der Waals surface area contributed by atoms with Crippen molar-refractivity contribution in [3.63, 3.8) is 0 Å². The number of fused-ring (bicyclic) bond motifs is 1. The summed E-state index contributed by atoms with van der Waals surface area (Å²) >= 11 is 2.09. The predicted molar refractivity (Wildman–Crippen MR) is 70.0 cm³/mol. The lowest BCUT2D eigenvalue weighted by Crippen LogP contribution is -2.36. The van der Waals surface area contributed by atoms with E-state index in [1.54, 1.807) is 5.56 Å². The fourth-order valence-electron chi connectivity index (χ4n) is 2.83. The third-order valence-electron chi connectivity index (χ3n) is 3.67. The van der Waals surface area contributed by atoms with Crippen LogP contribution in [0.4, 0.5) is 0 Å². The first-order valence-electron chi connectivity index (χ1n) is 6.40. The van der Waals surface area contributed by atoms with E-state index >= 15 is 0 Å². The van der Waals surface area contributed by atoms with Crippen molar-refractivity contribution >= 4 is 11.8 Å². The minimum Gasteiger partial charge on any atom is -0.314 e. The fourth-order valence-corrected chi connectivity index (χ4v) is 4.24. The maximum Gasteiger partial charge on any atom is 0.0150 e. The summed E-state index contributed by atoms with van der Waals surface area (Å²) in [6.45, 7) is 1.23. The molecule has 1 aromatic rings. The Kier molecular flexibility index (Phi) is 3.20. The van der Waals surface area contributed by atoms with E-state index in [1.165, 1.54) is 43.5 Å². The highest BCUT2D eigenvalue weighted by atomic mass is 32.2. The van der Waals surface area contributed by atoms with Crippen molar-refractivity contribution in [2.75, 3.05) is 6.54 Å². The molecule has 0 aliphatic carbocycles. The summed E-state index contributed by atoms with van der Waals surface area (Å²) in [4.78, 5) is 1.52. The SMILES string of the molecule is c1ccc2c(c1)CC(CC1CCCCN1)S2. The zero-order valence-electron chi connectivity index (χ0n) is 9.61. The van der Waals surface area contributed by atoms with Gasteiger partial charge in [-0.1, -0.05) is 24.6 Å². The molecule has 2 heteroatoms. The molecule has 0 amide bonds. The molecule has 2 aliphatic heterocycles. The highest BCUT2D eigenvalue weighted by Gasteiger charge is 2.25. The number of piperidine rings is 1. The highest BCUT2D eigenvalue weighted by molar-refractivity contribution is 8.00. The molecule has 2 atom stereocenters. The van der Waals surface area contributed by atoms with Crippen LogP contribution in [0.1, 0.15) is 31.2 Å². The normalized spacial score (nSPS) is 29.0. The number of benzene rings is 1. The largest absolute Gasteiger partial charge is 0.314 e. The van der Waals surface area contributed by atoms with Gasteiger partial charge in [0, 0.05) is 16.2 Å². The van der Waals surface area contributed by atoms with Gasteiger partial charge in [-0.25, -0.2) is 0 Å². The molecule has 3 rings (SSSR count). The molecule has 2 unspecified atom stereocenters. The Hall–Kier alpha value is -0.470. The van der Waals surface area contributed by atoms with E-state index in [1.807, 2.05) is 0 Å². The molecule has 1 saturated heterocycles. The maximum absolute atomic E-state index is 3.66. The molecule has 0 saturated carbocycles. The lowest BCUT2D eigenvalue weighted by atomic mass is 9.98. The zero-order valence-corrected chi connectivity index (χ0v) is 10.4. The minimum absolute atomic E-state index is 0.778. The van der Waals surface area contributed by atoms with Crippen LogP contribution in [0.2, 0.25) is 0 Å². The summed E-state index contributed by atoms with van der Waals surface area (Å²) in [5.74, 6) is 0. The standard InChI is InChI=1S/C14H19NS/c1-2-7-14-11(5-1)9-13(16-14)10-12-6-3-4-8-15-12/h1-2,5,7,12-13,15H,3-4,6,8-10H2. The second kappa shape index (κ2) is 4.80. The van der Waals surface area contributed by atoms with Crippen molar-refractivity contribution in [3.8, 4) is 0 Å². The van der Waals surface area contributed by atoms with Gasteiger partial charge in [-0.05, 0) is 43.9 Å². The van der Waals surface area contributed by atoms with Crippen LogP contribution in [-0.4, -0.2) is 17.8 Å². The van der Waals surface area contributed by atoms with E-state index in [9.17, 15) is 0 Å². The van der Waals surface area contributed by atoms with Crippen molar-refractivity contribution in [2.24, 2.45) is 0 Å². The van der Waals surface area contributed by atoms with Crippen molar-refractivity contribution in [1.29, 1.82) is 0 Å². The van der Waals surface area contributed by atoms with Crippen molar-refractivity contribution in [3.05, 3.63) is 29.8 Å². The Morgan fingerprint density at radius 2 is 2.19 bits per heavy atom. The first kappa shape index (κ1) is 10.7. The van der Waals surface area contributed by atoms with Crippen LogP contribution in [-0.2, 0) is 6.42 Å². The number of nitrogens with one attached hydrogen (secondary N) is 1. The van der Waals surface area contributed by atoms with Gasteiger partial charge in [-0.2, -0.15) is 0 Å². The van der Waals surface area contributed by atoms with Crippen molar-refractivity contribution in [1.82, 2.24) is 5.32 Å². The molecule has 86 valence electrons. The van der Waals surface area contributed by atoms with Gasteiger partial charge in [0.15, 0.2) is 0 Å². The summed E-state index contributed by atoms with van der Waals surface area (Å²) in [6.07, 6.45) is 6.79. The molecule has 1 nitrogen and oxygen atoms in total. The average Bonchev–Trinajstić information content (AvgIpc) is 2.72. The minimum atomic E-state index is 0.778. The van der Waals surface area contributed by atoms with Gasteiger partial charge in [0.1, 0.15) is 0 Å². The molecule has 1 aromatic carbocycles. The lowest BCUT2D eigenvalue weighted by molar-refractivity contribution is 0.380. The van der Waals surface area contributed by atoms with E-state index in [4.69, 9.17) is 0 Å². The van der Waals surface area contributed by atoms with E-state index in [0.29, 0.717) is 0 Å². The molecule has 2 heterocycles. The van der Waals surface area contributed by atoms with Gasteiger partial charge >= 0.3 is 0 Å². The van der Waals surface area contributed by atoms with Gasteiger partial charge in [0.2, 0.25) is 0 Å². The summed E-state index contributed by atoms with van der Waals surface area (Å²) in [5, 5.41) is 4.47. The third-order valence-corrected chi connectivity index (χ3v) is 5.02. The number of hydrogen-bond donors (Lipinski definition) is 1.